The van der Waals surface area contributed by atoms with Crippen LogP contribution in [0.5, 0.6) is 0 Å². The number of halogens is 4. The van der Waals surface area contributed by atoms with Gasteiger partial charge in [0.15, 0.2) is 0 Å². The first-order valence-corrected chi connectivity index (χ1v) is 5.88. The van der Waals surface area contributed by atoms with Crippen LogP contribution in [0.2, 0.25) is 0 Å². The normalized spacial score (nSPS) is 16.2. The number of alkyl halides is 4. The fourth-order valence-corrected chi connectivity index (χ4v) is 1.45. The molecule has 0 saturated heterocycles. The van der Waals surface area contributed by atoms with Crippen LogP contribution in [0.25, 0.3) is 0 Å². The summed E-state index contributed by atoms with van der Waals surface area (Å²) in [5, 5.41) is 2.38. The second-order valence-corrected chi connectivity index (χ2v) is 4.71. The van der Waals surface area contributed by atoms with E-state index in [1.165, 1.54) is 0 Å². The first-order chi connectivity index (χ1) is 7.75. The Bertz CT molecular complexity index is 198. The molecule has 0 fully saturated rings. The van der Waals surface area contributed by atoms with E-state index in [2.05, 4.69) is 5.32 Å². The van der Waals surface area contributed by atoms with Crippen LogP contribution in [0.1, 0.15) is 33.1 Å². The quantitative estimate of drug-likeness (QED) is 0.624. The van der Waals surface area contributed by atoms with E-state index in [0.717, 1.165) is 19.3 Å². The Balaban J connectivity index is 3.61. The zero-order valence-corrected chi connectivity index (χ0v) is 10.4. The molecule has 0 spiro atoms. The SMILES string of the molecule is CC(N)CCCC(C)CNCC(F)(F)C(F)F. The highest BCUT2D eigenvalue weighted by molar-refractivity contribution is 4.73. The molecule has 0 aromatic carbocycles. The third kappa shape index (κ3) is 8.37. The molecule has 2 unspecified atom stereocenters. The lowest BCUT2D eigenvalue weighted by Gasteiger charge is -2.18. The first-order valence-electron chi connectivity index (χ1n) is 5.88. The molecule has 0 heterocycles. The Morgan fingerprint density at radius 1 is 1.18 bits per heavy atom. The molecule has 0 aromatic rings. The number of hydrogen-bond acceptors (Lipinski definition) is 2. The smallest absolute Gasteiger partial charge is 0.319 e. The van der Waals surface area contributed by atoms with Gasteiger partial charge in [0, 0.05) is 6.04 Å². The molecule has 0 aromatic heterocycles. The standard InChI is InChI=1S/C11H22F4N2/c1-8(4-3-5-9(2)16)6-17-7-11(14,15)10(12)13/h8-10,17H,3-7,16H2,1-2H3. The molecule has 0 amide bonds. The van der Waals surface area contributed by atoms with Crippen molar-refractivity contribution >= 4 is 0 Å². The number of rotatable bonds is 9. The molecule has 6 heteroatoms. The van der Waals surface area contributed by atoms with Gasteiger partial charge in [-0.15, -0.1) is 0 Å². The molecule has 2 nitrogen and oxygen atoms in total. The zero-order valence-electron chi connectivity index (χ0n) is 10.4. The molecule has 0 rings (SSSR count). The summed E-state index contributed by atoms with van der Waals surface area (Å²) in [6.45, 7) is 3.16. The second-order valence-electron chi connectivity index (χ2n) is 4.71. The van der Waals surface area contributed by atoms with Crippen LogP contribution in [0.3, 0.4) is 0 Å². The van der Waals surface area contributed by atoms with Crippen LogP contribution in [0.15, 0.2) is 0 Å². The summed E-state index contributed by atoms with van der Waals surface area (Å²) in [4.78, 5) is 0. The molecule has 0 aliphatic carbocycles. The second kappa shape index (κ2) is 7.87. The molecular weight excluding hydrogens is 236 g/mol. The van der Waals surface area contributed by atoms with Crippen LogP contribution >= 0.6 is 0 Å². The number of hydrogen-bond donors (Lipinski definition) is 2. The van der Waals surface area contributed by atoms with E-state index in [1.54, 1.807) is 0 Å². The van der Waals surface area contributed by atoms with Crippen LogP contribution in [0, 0.1) is 5.92 Å². The molecule has 0 aliphatic heterocycles. The van der Waals surface area contributed by atoms with Crippen LogP contribution < -0.4 is 11.1 Å². The number of nitrogens with one attached hydrogen (secondary N) is 1. The minimum atomic E-state index is -3.94. The predicted molar refractivity (Wildman–Crippen MR) is 60.5 cm³/mol. The zero-order chi connectivity index (χ0) is 13.5. The number of nitrogens with two attached hydrogens (primary N) is 1. The van der Waals surface area contributed by atoms with Gasteiger partial charge in [-0.1, -0.05) is 13.3 Å². The van der Waals surface area contributed by atoms with Crippen molar-refractivity contribution in [1.82, 2.24) is 5.32 Å². The summed E-state index contributed by atoms with van der Waals surface area (Å²) >= 11 is 0. The van der Waals surface area contributed by atoms with Gasteiger partial charge >= 0.3 is 12.3 Å². The maximum atomic E-state index is 12.5. The van der Waals surface area contributed by atoms with Gasteiger partial charge in [0.1, 0.15) is 0 Å². The maximum Gasteiger partial charge on any atom is 0.319 e. The van der Waals surface area contributed by atoms with Crippen molar-refractivity contribution in [2.75, 3.05) is 13.1 Å². The lowest BCUT2D eigenvalue weighted by molar-refractivity contribution is -0.125. The van der Waals surface area contributed by atoms with Crippen molar-refractivity contribution in [3.05, 3.63) is 0 Å². The molecule has 2 atom stereocenters. The summed E-state index contributed by atoms with van der Waals surface area (Å²) in [7, 11) is 0. The van der Waals surface area contributed by atoms with Crippen molar-refractivity contribution in [3.63, 3.8) is 0 Å². The van der Waals surface area contributed by atoms with Gasteiger partial charge in [0.05, 0.1) is 6.54 Å². The van der Waals surface area contributed by atoms with Gasteiger partial charge in [-0.25, -0.2) is 8.78 Å². The summed E-state index contributed by atoms with van der Waals surface area (Å²) in [6, 6.07) is 0.137. The van der Waals surface area contributed by atoms with E-state index in [4.69, 9.17) is 5.73 Å². The van der Waals surface area contributed by atoms with E-state index < -0.39 is 18.9 Å². The van der Waals surface area contributed by atoms with Crippen molar-refractivity contribution in [3.8, 4) is 0 Å². The average molecular weight is 258 g/mol. The molecule has 0 bridgehead atoms. The fraction of sp³-hybridized carbons (Fsp3) is 1.00. The van der Waals surface area contributed by atoms with Crippen molar-refractivity contribution in [2.24, 2.45) is 11.7 Å². The Morgan fingerprint density at radius 2 is 1.76 bits per heavy atom. The van der Waals surface area contributed by atoms with Crippen molar-refractivity contribution in [2.45, 2.75) is 51.5 Å². The fourth-order valence-electron chi connectivity index (χ4n) is 1.45. The van der Waals surface area contributed by atoms with E-state index in [-0.39, 0.29) is 12.0 Å². The van der Waals surface area contributed by atoms with Crippen LogP contribution in [-0.4, -0.2) is 31.5 Å². The van der Waals surface area contributed by atoms with Gasteiger partial charge in [-0.3, -0.25) is 0 Å². The predicted octanol–water partition coefficient (Wildman–Crippen LogP) is 2.63. The van der Waals surface area contributed by atoms with Gasteiger partial charge in [0.25, 0.3) is 0 Å². The van der Waals surface area contributed by atoms with Crippen LogP contribution in [0.4, 0.5) is 17.6 Å². The van der Waals surface area contributed by atoms with Crippen molar-refractivity contribution in [1.29, 1.82) is 0 Å². The minimum absolute atomic E-state index is 0.137. The molecule has 104 valence electrons. The minimum Gasteiger partial charge on any atom is -0.328 e. The van der Waals surface area contributed by atoms with E-state index in [9.17, 15) is 17.6 Å². The highest BCUT2D eigenvalue weighted by Crippen LogP contribution is 2.21. The lowest BCUT2D eigenvalue weighted by atomic mass is 10.0. The third-order valence-electron chi connectivity index (χ3n) is 2.53. The summed E-state index contributed by atoms with van der Waals surface area (Å²) in [6.07, 6.45) is -0.943. The van der Waals surface area contributed by atoms with Gasteiger partial charge in [-0.05, 0) is 32.2 Å². The Hall–Kier alpha value is -0.360. The van der Waals surface area contributed by atoms with Gasteiger partial charge in [-0.2, -0.15) is 8.78 Å². The lowest BCUT2D eigenvalue weighted by Crippen LogP contribution is -2.40. The Labute approximate surface area is 99.9 Å². The van der Waals surface area contributed by atoms with Gasteiger partial charge < -0.3 is 11.1 Å². The Kier molecular flexibility index (Phi) is 7.70. The van der Waals surface area contributed by atoms with Gasteiger partial charge in [0.2, 0.25) is 0 Å². The molecule has 0 saturated carbocycles. The van der Waals surface area contributed by atoms with Crippen LogP contribution in [-0.2, 0) is 0 Å². The molecule has 0 aliphatic rings. The summed E-state index contributed by atoms with van der Waals surface area (Å²) in [5.74, 6) is -3.76. The Morgan fingerprint density at radius 3 is 2.24 bits per heavy atom. The van der Waals surface area contributed by atoms with Crippen molar-refractivity contribution < 1.29 is 17.6 Å². The molecule has 17 heavy (non-hydrogen) atoms. The highest BCUT2D eigenvalue weighted by Gasteiger charge is 2.39. The average Bonchev–Trinajstić information content (AvgIpc) is 2.16. The first kappa shape index (κ1) is 16.6. The highest BCUT2D eigenvalue weighted by atomic mass is 19.3. The summed E-state index contributed by atoms with van der Waals surface area (Å²) < 4.78 is 48.7. The monoisotopic (exact) mass is 258 g/mol. The summed E-state index contributed by atoms with van der Waals surface area (Å²) in [5.41, 5.74) is 5.57. The van der Waals surface area contributed by atoms with E-state index >= 15 is 0 Å². The van der Waals surface area contributed by atoms with E-state index in [1.807, 2.05) is 13.8 Å². The topological polar surface area (TPSA) is 38.0 Å². The third-order valence-corrected chi connectivity index (χ3v) is 2.53. The molecular formula is C11H22F4N2. The molecule has 3 N–H and O–H groups in total. The van der Waals surface area contributed by atoms with E-state index in [0.29, 0.717) is 6.54 Å². The maximum absolute atomic E-state index is 12.5. The molecule has 0 radical (unpaired) electrons. The largest absolute Gasteiger partial charge is 0.328 e.